The number of benzene rings is 1. The van der Waals surface area contributed by atoms with Crippen LogP contribution >= 0.6 is 11.3 Å². The first-order valence-corrected chi connectivity index (χ1v) is 15.0. The zero-order valence-corrected chi connectivity index (χ0v) is 23.4. The number of fused-ring (bicyclic) bond motifs is 1. The van der Waals surface area contributed by atoms with E-state index in [0.29, 0.717) is 59.5 Å². The van der Waals surface area contributed by atoms with Crippen LogP contribution in [0.5, 0.6) is 0 Å². The predicted molar refractivity (Wildman–Crippen MR) is 150 cm³/mol. The number of nitrogens with one attached hydrogen (secondary N) is 3. The molecule has 1 saturated heterocycles. The molecule has 210 valence electrons. The van der Waals surface area contributed by atoms with Gasteiger partial charge in [-0.3, -0.25) is 10.1 Å². The van der Waals surface area contributed by atoms with Crippen LogP contribution in [0.25, 0.3) is 10.3 Å². The summed E-state index contributed by atoms with van der Waals surface area (Å²) in [5.41, 5.74) is 1.04. The summed E-state index contributed by atoms with van der Waals surface area (Å²) in [6, 6.07) is 9.67. The van der Waals surface area contributed by atoms with Crippen molar-refractivity contribution < 1.29 is 27.5 Å². The van der Waals surface area contributed by atoms with E-state index in [1.54, 1.807) is 12.1 Å². The van der Waals surface area contributed by atoms with Gasteiger partial charge in [0.15, 0.2) is 26.8 Å². The Bertz CT molecular complexity index is 1390. The molecule has 3 heterocycles. The second kappa shape index (κ2) is 13.8. The van der Waals surface area contributed by atoms with Gasteiger partial charge in [-0.25, -0.2) is 18.4 Å². The molecule has 0 aliphatic carbocycles. The van der Waals surface area contributed by atoms with Gasteiger partial charge in [0.05, 0.1) is 23.9 Å². The normalized spacial score (nSPS) is 15.9. The number of pyridine rings is 1. The average molecular weight is 577 g/mol. The monoisotopic (exact) mass is 576 g/mol. The molecule has 0 radical (unpaired) electrons. The van der Waals surface area contributed by atoms with Crippen molar-refractivity contribution in [3.05, 3.63) is 42.0 Å². The number of aromatic nitrogens is 2. The van der Waals surface area contributed by atoms with Crippen molar-refractivity contribution in [3.8, 4) is 0 Å². The molecule has 1 aromatic carbocycles. The molecule has 3 aromatic rings. The first kappa shape index (κ1) is 28.8. The van der Waals surface area contributed by atoms with E-state index in [1.807, 2.05) is 19.2 Å². The summed E-state index contributed by atoms with van der Waals surface area (Å²) in [6.07, 6.45) is 0.775. The number of methoxy groups -OCH3 is 1. The third-order valence-electron chi connectivity index (χ3n) is 5.80. The Morgan fingerprint density at radius 2 is 2.00 bits per heavy atom. The predicted octanol–water partition coefficient (Wildman–Crippen LogP) is 2.28. The van der Waals surface area contributed by atoms with Gasteiger partial charge in [0.25, 0.3) is 5.91 Å². The zero-order valence-electron chi connectivity index (χ0n) is 21.8. The van der Waals surface area contributed by atoms with Crippen molar-refractivity contribution in [1.29, 1.82) is 0 Å². The molecule has 1 fully saturated rings. The number of sulfone groups is 1. The number of rotatable bonds is 14. The molecule has 4 rings (SSSR count). The van der Waals surface area contributed by atoms with Crippen LogP contribution in [-0.4, -0.2) is 88.9 Å². The van der Waals surface area contributed by atoms with Crippen LogP contribution in [0, 0.1) is 0 Å². The Morgan fingerprint density at radius 1 is 1.18 bits per heavy atom. The highest BCUT2D eigenvalue weighted by molar-refractivity contribution is 7.91. The lowest BCUT2D eigenvalue weighted by Crippen LogP contribution is -2.25. The Hall–Kier alpha value is -3.17. The fourth-order valence-corrected chi connectivity index (χ4v) is 5.84. The summed E-state index contributed by atoms with van der Waals surface area (Å²) >= 11 is 1.24. The fourth-order valence-electron chi connectivity index (χ4n) is 3.72. The second-order valence-electron chi connectivity index (χ2n) is 8.74. The molecule has 0 unspecified atom stereocenters. The highest BCUT2D eigenvalue weighted by Gasteiger charge is 2.22. The van der Waals surface area contributed by atoms with Crippen molar-refractivity contribution in [1.82, 2.24) is 15.3 Å². The minimum atomic E-state index is -3.49. The molecule has 14 heteroatoms. The van der Waals surface area contributed by atoms with E-state index in [9.17, 15) is 13.2 Å². The Morgan fingerprint density at radius 3 is 2.72 bits per heavy atom. The lowest BCUT2D eigenvalue weighted by Gasteiger charge is -2.10. The van der Waals surface area contributed by atoms with E-state index < -0.39 is 15.7 Å². The van der Waals surface area contributed by atoms with Crippen LogP contribution in [0.4, 0.5) is 10.9 Å². The molecule has 39 heavy (non-hydrogen) atoms. The minimum Gasteiger partial charge on any atom is -0.389 e. The van der Waals surface area contributed by atoms with Gasteiger partial charge in [0.1, 0.15) is 16.2 Å². The van der Waals surface area contributed by atoms with Crippen LogP contribution in [-0.2, 0) is 28.9 Å². The number of anilines is 2. The van der Waals surface area contributed by atoms with Gasteiger partial charge in [-0.15, -0.1) is 0 Å². The van der Waals surface area contributed by atoms with Crippen LogP contribution < -0.4 is 16.0 Å². The first-order valence-electron chi connectivity index (χ1n) is 12.5. The highest BCUT2D eigenvalue weighted by atomic mass is 32.2. The van der Waals surface area contributed by atoms with Gasteiger partial charge in [-0.05, 0) is 37.7 Å². The van der Waals surface area contributed by atoms with E-state index in [4.69, 9.17) is 14.3 Å². The number of amides is 1. The molecule has 1 aliphatic rings. The number of carbonyl (C=O) groups is 1. The molecule has 12 nitrogen and oxygen atoms in total. The van der Waals surface area contributed by atoms with Crippen LogP contribution in [0.2, 0.25) is 0 Å². The summed E-state index contributed by atoms with van der Waals surface area (Å²) in [5, 5.41) is 13.6. The third kappa shape index (κ3) is 7.92. The van der Waals surface area contributed by atoms with Gasteiger partial charge < -0.3 is 24.9 Å². The quantitative estimate of drug-likeness (QED) is 0.148. The molecule has 2 aromatic heterocycles. The number of oxime groups is 1. The van der Waals surface area contributed by atoms with Gasteiger partial charge in [-0.1, -0.05) is 28.6 Å². The van der Waals surface area contributed by atoms with Crippen LogP contribution in [0.3, 0.4) is 0 Å². The summed E-state index contributed by atoms with van der Waals surface area (Å²) in [5.74, 6) is 0.132. The number of ether oxygens (including phenoxy) is 2. The van der Waals surface area contributed by atoms with Crippen molar-refractivity contribution in [3.63, 3.8) is 0 Å². The van der Waals surface area contributed by atoms with E-state index >= 15 is 0 Å². The Balaban J connectivity index is 1.53. The molecular formula is C25H32N6O6S2. The van der Waals surface area contributed by atoms with Gasteiger partial charge >= 0.3 is 0 Å². The number of hydrogen-bond acceptors (Lipinski definition) is 12. The molecular weight excluding hydrogens is 544 g/mol. The number of nitrogens with zero attached hydrogens (tertiary/aromatic N) is 3. The Kier molecular flexibility index (Phi) is 10.2. The molecule has 1 aliphatic heterocycles. The highest BCUT2D eigenvalue weighted by Crippen LogP contribution is 2.26. The van der Waals surface area contributed by atoms with Crippen molar-refractivity contribution >= 4 is 54.1 Å². The van der Waals surface area contributed by atoms with Crippen molar-refractivity contribution in [2.45, 2.75) is 23.8 Å². The lowest BCUT2D eigenvalue weighted by molar-refractivity contribution is -0.110. The van der Waals surface area contributed by atoms with Gasteiger partial charge in [0, 0.05) is 38.8 Å². The van der Waals surface area contributed by atoms with Crippen LogP contribution in [0.15, 0.2) is 46.4 Å². The number of thiazole rings is 1. The minimum absolute atomic E-state index is 0.00753. The SMILES string of the molecule is CNCCNc1ccc2nc(NC(=O)C(=NO[C@@H]3CCOC3)c3ccc(S(=O)(=O)CCCOC)cc3)sc2n1. The fraction of sp³-hybridized carbons (Fsp3) is 0.440. The summed E-state index contributed by atoms with van der Waals surface area (Å²) in [7, 11) is -0.0842. The van der Waals surface area contributed by atoms with Gasteiger partial charge in [-0.2, -0.15) is 0 Å². The second-order valence-corrected chi connectivity index (χ2v) is 11.8. The van der Waals surface area contributed by atoms with E-state index in [0.717, 1.165) is 13.1 Å². The van der Waals surface area contributed by atoms with Crippen molar-refractivity contribution in [2.24, 2.45) is 5.16 Å². The lowest BCUT2D eigenvalue weighted by atomic mass is 10.1. The first-order chi connectivity index (χ1) is 18.9. The standard InChI is InChI=1S/C25H32N6O6S2/c1-26-11-12-27-21-9-8-20-24(29-21)38-25(28-20)30-23(32)22(31-37-18-10-14-36-16-18)17-4-6-19(7-5-17)39(33,34)15-3-13-35-2/h4-9,18,26H,3,10-16H2,1-2H3,(H,27,29)(H,28,30,32)/t18-/m1/s1. The zero-order chi connectivity index (χ0) is 27.7. The summed E-state index contributed by atoms with van der Waals surface area (Å²) < 4.78 is 35.5. The van der Waals surface area contributed by atoms with E-state index in [1.165, 1.54) is 30.6 Å². The number of hydrogen-bond donors (Lipinski definition) is 3. The molecule has 1 amide bonds. The average Bonchev–Trinajstić information content (AvgIpc) is 3.59. The largest absolute Gasteiger partial charge is 0.389 e. The molecule has 0 saturated carbocycles. The Labute approximate surface area is 231 Å². The number of carbonyl (C=O) groups excluding carboxylic acids is 1. The van der Waals surface area contributed by atoms with E-state index in [-0.39, 0.29) is 22.5 Å². The topological polar surface area (TPSA) is 153 Å². The smallest absolute Gasteiger partial charge is 0.280 e. The maximum Gasteiger partial charge on any atom is 0.280 e. The molecule has 0 bridgehead atoms. The van der Waals surface area contributed by atoms with Crippen LogP contribution in [0.1, 0.15) is 18.4 Å². The van der Waals surface area contributed by atoms with Crippen molar-refractivity contribution in [2.75, 3.05) is 63.5 Å². The molecule has 0 spiro atoms. The number of likely N-dealkylation sites (N-methyl/N-ethyl adjacent to an activating group) is 1. The van der Waals surface area contributed by atoms with E-state index in [2.05, 4.69) is 31.1 Å². The molecule has 3 N–H and O–H groups in total. The maximum atomic E-state index is 13.3. The summed E-state index contributed by atoms with van der Waals surface area (Å²) in [4.78, 5) is 28.8. The van der Waals surface area contributed by atoms with Gasteiger partial charge in [0.2, 0.25) is 0 Å². The maximum absolute atomic E-state index is 13.3. The summed E-state index contributed by atoms with van der Waals surface area (Å²) in [6.45, 7) is 2.80. The third-order valence-corrected chi connectivity index (χ3v) is 8.50. The molecule has 1 atom stereocenters.